The lowest BCUT2D eigenvalue weighted by Crippen LogP contribution is -2.38. The third-order valence-corrected chi connectivity index (χ3v) is 3.53. The van der Waals surface area contributed by atoms with Crippen LogP contribution in [0, 0.1) is 5.82 Å². The van der Waals surface area contributed by atoms with Gasteiger partial charge in [0.2, 0.25) is 0 Å². The highest BCUT2D eigenvalue weighted by atomic mass is 19.1. The van der Waals surface area contributed by atoms with E-state index in [-0.39, 0.29) is 5.82 Å². The van der Waals surface area contributed by atoms with E-state index in [4.69, 9.17) is 5.73 Å². The van der Waals surface area contributed by atoms with Gasteiger partial charge in [0, 0.05) is 12.1 Å². The summed E-state index contributed by atoms with van der Waals surface area (Å²) in [5.74, 6) is -0.164. The number of benzene rings is 1. The molecule has 2 rings (SSSR count). The minimum atomic E-state index is -0.164. The van der Waals surface area contributed by atoms with Crippen LogP contribution in [-0.4, -0.2) is 18.6 Å². The Bertz CT molecular complexity index is 329. The lowest BCUT2D eigenvalue weighted by Gasteiger charge is -2.26. The van der Waals surface area contributed by atoms with Crippen molar-refractivity contribution in [3.8, 4) is 0 Å². The Kier molecular flexibility index (Phi) is 4.51. The average molecular weight is 236 g/mol. The summed E-state index contributed by atoms with van der Waals surface area (Å²) in [5, 5.41) is 3.56. The van der Waals surface area contributed by atoms with Crippen molar-refractivity contribution in [1.82, 2.24) is 5.32 Å². The molecule has 1 aromatic carbocycles. The van der Waals surface area contributed by atoms with Crippen LogP contribution in [0.5, 0.6) is 0 Å². The molecule has 0 atom stereocenters. The van der Waals surface area contributed by atoms with E-state index in [1.165, 1.54) is 30.5 Å². The second-order valence-corrected chi connectivity index (χ2v) is 4.94. The maximum atomic E-state index is 12.7. The third-order valence-electron chi connectivity index (χ3n) is 3.53. The zero-order valence-corrected chi connectivity index (χ0v) is 10.2. The van der Waals surface area contributed by atoms with Crippen molar-refractivity contribution in [3.05, 3.63) is 35.6 Å². The first-order valence-corrected chi connectivity index (χ1v) is 6.47. The first kappa shape index (κ1) is 12.5. The fourth-order valence-corrected chi connectivity index (χ4v) is 2.40. The lowest BCUT2D eigenvalue weighted by molar-refractivity contribution is 0.344. The van der Waals surface area contributed by atoms with Gasteiger partial charge in [-0.2, -0.15) is 0 Å². The van der Waals surface area contributed by atoms with Crippen LogP contribution in [0.25, 0.3) is 0 Å². The molecule has 0 aliphatic heterocycles. The van der Waals surface area contributed by atoms with Gasteiger partial charge in [-0.1, -0.05) is 12.1 Å². The highest BCUT2D eigenvalue weighted by molar-refractivity contribution is 5.16. The molecular formula is C14H21FN2. The van der Waals surface area contributed by atoms with Crippen LogP contribution < -0.4 is 11.1 Å². The summed E-state index contributed by atoms with van der Waals surface area (Å²) in [6.45, 7) is 0.964. The maximum absolute atomic E-state index is 12.7. The molecule has 0 spiro atoms. The van der Waals surface area contributed by atoms with Gasteiger partial charge >= 0.3 is 0 Å². The van der Waals surface area contributed by atoms with E-state index in [1.807, 2.05) is 12.1 Å². The highest BCUT2D eigenvalue weighted by Crippen LogP contribution is 2.16. The molecule has 17 heavy (non-hydrogen) atoms. The molecule has 1 saturated carbocycles. The number of hydrogen-bond donors (Lipinski definition) is 2. The van der Waals surface area contributed by atoms with E-state index >= 15 is 0 Å². The molecule has 0 aromatic heterocycles. The van der Waals surface area contributed by atoms with Gasteiger partial charge in [-0.15, -0.1) is 0 Å². The van der Waals surface area contributed by atoms with Gasteiger partial charge in [-0.3, -0.25) is 0 Å². The predicted octanol–water partition coefficient (Wildman–Crippen LogP) is 2.23. The molecule has 0 unspecified atom stereocenters. The first-order valence-electron chi connectivity index (χ1n) is 6.47. The van der Waals surface area contributed by atoms with Crippen molar-refractivity contribution in [2.45, 2.75) is 44.2 Å². The van der Waals surface area contributed by atoms with Gasteiger partial charge in [-0.05, 0) is 56.3 Å². The first-order chi connectivity index (χ1) is 8.24. The molecular weight excluding hydrogens is 215 g/mol. The molecule has 2 nitrogen and oxygen atoms in total. The molecule has 3 N–H and O–H groups in total. The van der Waals surface area contributed by atoms with E-state index in [0.717, 1.165) is 25.8 Å². The summed E-state index contributed by atoms with van der Waals surface area (Å²) in [6.07, 6.45) is 5.60. The summed E-state index contributed by atoms with van der Waals surface area (Å²) in [6, 6.07) is 7.78. The maximum Gasteiger partial charge on any atom is 0.123 e. The molecule has 94 valence electrons. The van der Waals surface area contributed by atoms with Crippen molar-refractivity contribution < 1.29 is 4.39 Å². The molecule has 1 fully saturated rings. The fraction of sp³-hybridized carbons (Fsp3) is 0.571. The summed E-state index contributed by atoms with van der Waals surface area (Å²) in [4.78, 5) is 0. The highest BCUT2D eigenvalue weighted by Gasteiger charge is 2.17. The zero-order chi connectivity index (χ0) is 12.1. The lowest BCUT2D eigenvalue weighted by atomic mass is 9.92. The zero-order valence-electron chi connectivity index (χ0n) is 10.2. The van der Waals surface area contributed by atoms with Crippen LogP contribution in [-0.2, 0) is 6.42 Å². The quantitative estimate of drug-likeness (QED) is 0.841. The van der Waals surface area contributed by atoms with Crippen LogP contribution in [0.1, 0.15) is 31.2 Å². The van der Waals surface area contributed by atoms with Gasteiger partial charge in [0.15, 0.2) is 0 Å². The third kappa shape index (κ3) is 4.10. The Morgan fingerprint density at radius 3 is 2.41 bits per heavy atom. The van der Waals surface area contributed by atoms with Crippen molar-refractivity contribution in [3.63, 3.8) is 0 Å². The number of rotatable bonds is 4. The van der Waals surface area contributed by atoms with Gasteiger partial charge in [0.25, 0.3) is 0 Å². The summed E-state index contributed by atoms with van der Waals surface area (Å²) < 4.78 is 12.7. The van der Waals surface area contributed by atoms with Gasteiger partial charge < -0.3 is 11.1 Å². The number of nitrogens with one attached hydrogen (secondary N) is 1. The molecule has 0 heterocycles. The van der Waals surface area contributed by atoms with E-state index in [0.29, 0.717) is 12.1 Å². The van der Waals surface area contributed by atoms with Crippen LogP contribution in [0.4, 0.5) is 4.39 Å². The van der Waals surface area contributed by atoms with Crippen LogP contribution in [0.2, 0.25) is 0 Å². The Labute approximate surface area is 102 Å². The minimum Gasteiger partial charge on any atom is -0.328 e. The van der Waals surface area contributed by atoms with E-state index < -0.39 is 0 Å². The molecule has 0 amide bonds. The van der Waals surface area contributed by atoms with Crippen molar-refractivity contribution in [2.24, 2.45) is 5.73 Å². The number of nitrogens with two attached hydrogens (primary N) is 1. The normalized spacial score (nSPS) is 24.8. The Hall–Kier alpha value is -0.930. The second kappa shape index (κ2) is 6.12. The summed E-state index contributed by atoms with van der Waals surface area (Å²) in [7, 11) is 0. The monoisotopic (exact) mass is 236 g/mol. The summed E-state index contributed by atoms with van der Waals surface area (Å²) >= 11 is 0. The van der Waals surface area contributed by atoms with Crippen LogP contribution >= 0.6 is 0 Å². The summed E-state index contributed by atoms with van der Waals surface area (Å²) in [5.41, 5.74) is 7.05. The molecule has 1 aliphatic carbocycles. The molecule has 0 saturated heterocycles. The van der Waals surface area contributed by atoms with E-state index in [2.05, 4.69) is 5.32 Å². The van der Waals surface area contributed by atoms with Gasteiger partial charge in [-0.25, -0.2) is 4.39 Å². The van der Waals surface area contributed by atoms with Crippen molar-refractivity contribution >= 4 is 0 Å². The van der Waals surface area contributed by atoms with Gasteiger partial charge in [0.1, 0.15) is 5.82 Å². The molecule has 1 aliphatic rings. The van der Waals surface area contributed by atoms with Gasteiger partial charge in [0.05, 0.1) is 0 Å². The molecule has 0 radical (unpaired) electrons. The SMILES string of the molecule is NC1CCC(NCCc2ccc(F)cc2)CC1. The van der Waals surface area contributed by atoms with Crippen molar-refractivity contribution in [1.29, 1.82) is 0 Å². The molecule has 1 aromatic rings. The molecule has 3 heteroatoms. The average Bonchev–Trinajstić information content (AvgIpc) is 2.34. The Balaban J connectivity index is 1.67. The van der Waals surface area contributed by atoms with Crippen LogP contribution in [0.3, 0.4) is 0 Å². The number of halogens is 1. The fourth-order valence-electron chi connectivity index (χ4n) is 2.40. The predicted molar refractivity (Wildman–Crippen MR) is 68.3 cm³/mol. The minimum absolute atomic E-state index is 0.164. The van der Waals surface area contributed by atoms with E-state index in [9.17, 15) is 4.39 Å². The smallest absolute Gasteiger partial charge is 0.123 e. The molecule has 0 bridgehead atoms. The standard InChI is InChI=1S/C14H21FN2/c15-12-3-1-11(2-4-12)9-10-17-14-7-5-13(16)6-8-14/h1-4,13-14,17H,5-10,16H2. The Morgan fingerprint density at radius 2 is 1.76 bits per heavy atom. The number of hydrogen-bond acceptors (Lipinski definition) is 2. The van der Waals surface area contributed by atoms with Crippen molar-refractivity contribution in [2.75, 3.05) is 6.54 Å². The topological polar surface area (TPSA) is 38.0 Å². The Morgan fingerprint density at radius 1 is 1.12 bits per heavy atom. The largest absolute Gasteiger partial charge is 0.328 e. The second-order valence-electron chi connectivity index (χ2n) is 4.94. The van der Waals surface area contributed by atoms with E-state index in [1.54, 1.807) is 0 Å². The van der Waals surface area contributed by atoms with Crippen LogP contribution in [0.15, 0.2) is 24.3 Å².